The van der Waals surface area contributed by atoms with Gasteiger partial charge < -0.3 is 20.4 Å². The van der Waals surface area contributed by atoms with Crippen LogP contribution in [0, 0.1) is 40.4 Å². The number of fused-ring (bicyclic) bond motifs is 1. The van der Waals surface area contributed by atoms with Gasteiger partial charge in [-0.25, -0.2) is 0 Å². The van der Waals surface area contributed by atoms with Gasteiger partial charge >= 0.3 is 0 Å². The van der Waals surface area contributed by atoms with Gasteiger partial charge in [0.25, 0.3) is 0 Å². The lowest BCUT2D eigenvalue weighted by atomic mass is 9.55. The van der Waals surface area contributed by atoms with E-state index >= 15 is 0 Å². The first-order chi connectivity index (χ1) is 15.8. The summed E-state index contributed by atoms with van der Waals surface area (Å²) in [7, 11) is 0. The molecular weight excluding hydrogens is 428 g/mol. The second-order valence-electron chi connectivity index (χ2n) is 12.9. The summed E-state index contributed by atoms with van der Waals surface area (Å²) in [5.41, 5.74) is -1.25. The second kappa shape index (κ2) is 10.3. The van der Waals surface area contributed by atoms with Gasteiger partial charge in [0, 0.05) is 17.9 Å². The van der Waals surface area contributed by atoms with Crippen LogP contribution in [-0.4, -0.2) is 50.6 Å². The molecule has 0 aromatic heterocycles. The molecule has 0 bridgehead atoms. The zero-order valence-corrected chi connectivity index (χ0v) is 22.4. The molecule has 4 N–H and O–H groups in total. The summed E-state index contributed by atoms with van der Waals surface area (Å²) in [6, 6.07) is 0. The third-order valence-electron chi connectivity index (χ3n) is 10.5. The Morgan fingerprint density at radius 3 is 2.44 bits per heavy atom. The molecule has 0 unspecified atom stereocenters. The molecule has 3 aliphatic rings. The van der Waals surface area contributed by atoms with Crippen LogP contribution < -0.4 is 0 Å². The average Bonchev–Trinajstić information content (AvgIpc) is 3.10. The highest BCUT2D eigenvalue weighted by Crippen LogP contribution is 2.60. The van der Waals surface area contributed by atoms with Crippen LogP contribution in [0.4, 0.5) is 0 Å². The molecule has 2 saturated carbocycles. The minimum atomic E-state index is -0.876. The summed E-state index contributed by atoms with van der Waals surface area (Å²) in [4.78, 5) is 13.9. The number of carbonyl (C=O) groups excluding carboxylic acids is 1. The zero-order chi connectivity index (χ0) is 25.5. The van der Waals surface area contributed by atoms with Crippen molar-refractivity contribution in [1.82, 2.24) is 0 Å². The Hall–Kier alpha value is -0.750. The molecule has 0 amide bonds. The molecule has 0 aromatic carbocycles. The van der Waals surface area contributed by atoms with E-state index in [9.17, 15) is 25.2 Å². The molecular formula is C29H50O5. The Balaban J connectivity index is 1.90. The average molecular weight is 479 g/mol. The molecule has 9 atom stereocenters. The molecule has 0 saturated heterocycles. The first-order valence-corrected chi connectivity index (χ1v) is 13.8. The zero-order valence-electron chi connectivity index (χ0n) is 22.4. The molecule has 0 radical (unpaired) electrons. The quantitative estimate of drug-likeness (QED) is 0.387. The van der Waals surface area contributed by atoms with E-state index in [1.54, 1.807) is 6.08 Å². The van der Waals surface area contributed by atoms with Crippen LogP contribution in [0.3, 0.4) is 0 Å². The lowest BCUT2D eigenvalue weighted by Gasteiger charge is -2.50. The van der Waals surface area contributed by atoms with Crippen LogP contribution in [0.2, 0.25) is 0 Å². The maximum atomic E-state index is 13.9. The second-order valence-corrected chi connectivity index (χ2v) is 12.9. The van der Waals surface area contributed by atoms with Gasteiger partial charge in [-0.2, -0.15) is 0 Å². The molecule has 0 heterocycles. The molecule has 0 aromatic rings. The Morgan fingerprint density at radius 1 is 1.18 bits per heavy atom. The van der Waals surface area contributed by atoms with Crippen LogP contribution in [0.25, 0.3) is 0 Å². The lowest BCUT2D eigenvalue weighted by Crippen LogP contribution is -2.52. The SMILES string of the molecule is CC[C@@H](CC[C@](C)(O)[C@H]1CC[C@@H](C2=C[C@H](O)[C@H]3C[C@@H](O)CC[C@]3(C)C2=O)[C@]1(C)CCO)C(C)C. The molecule has 0 aliphatic heterocycles. The third kappa shape index (κ3) is 4.92. The Kier molecular flexibility index (Phi) is 8.45. The van der Waals surface area contributed by atoms with Crippen molar-refractivity contribution in [2.45, 2.75) is 117 Å². The number of rotatable bonds is 9. The molecule has 5 heteroatoms. The highest BCUT2D eigenvalue weighted by molar-refractivity contribution is 6.01. The first kappa shape index (κ1) is 27.8. The summed E-state index contributed by atoms with van der Waals surface area (Å²) in [5.74, 6) is 0.898. The number of carbonyl (C=O) groups is 1. The van der Waals surface area contributed by atoms with Crippen molar-refractivity contribution in [3.63, 3.8) is 0 Å². The van der Waals surface area contributed by atoms with Gasteiger partial charge in [0.05, 0.1) is 17.8 Å². The van der Waals surface area contributed by atoms with Gasteiger partial charge in [-0.1, -0.05) is 41.0 Å². The fourth-order valence-electron chi connectivity index (χ4n) is 8.12. The van der Waals surface area contributed by atoms with Gasteiger partial charge in [-0.15, -0.1) is 0 Å². The minimum Gasteiger partial charge on any atom is -0.396 e. The fourth-order valence-corrected chi connectivity index (χ4v) is 8.12. The predicted molar refractivity (Wildman–Crippen MR) is 135 cm³/mol. The van der Waals surface area contributed by atoms with E-state index in [-0.39, 0.29) is 30.1 Å². The lowest BCUT2D eigenvalue weighted by molar-refractivity contribution is -0.139. The van der Waals surface area contributed by atoms with E-state index in [0.717, 1.165) is 32.1 Å². The van der Waals surface area contributed by atoms with Crippen LogP contribution in [0.15, 0.2) is 11.6 Å². The molecule has 3 rings (SSSR count). The van der Waals surface area contributed by atoms with Crippen molar-refractivity contribution < 1.29 is 25.2 Å². The first-order valence-electron chi connectivity index (χ1n) is 13.8. The third-order valence-corrected chi connectivity index (χ3v) is 10.5. The Labute approximate surface area is 207 Å². The number of ketones is 1. The highest BCUT2D eigenvalue weighted by Gasteiger charge is 2.58. The summed E-state index contributed by atoms with van der Waals surface area (Å²) >= 11 is 0. The van der Waals surface area contributed by atoms with E-state index in [4.69, 9.17) is 0 Å². The van der Waals surface area contributed by atoms with Crippen molar-refractivity contribution in [3.8, 4) is 0 Å². The number of hydrogen-bond acceptors (Lipinski definition) is 5. The predicted octanol–water partition coefficient (Wildman–Crippen LogP) is 4.65. The van der Waals surface area contributed by atoms with E-state index in [1.165, 1.54) is 0 Å². The van der Waals surface area contributed by atoms with Crippen LogP contribution in [-0.2, 0) is 4.79 Å². The molecule has 2 fully saturated rings. The molecule has 196 valence electrons. The van der Waals surface area contributed by atoms with E-state index < -0.39 is 28.6 Å². The Bertz CT molecular complexity index is 758. The van der Waals surface area contributed by atoms with Crippen molar-refractivity contribution in [3.05, 3.63) is 11.6 Å². The van der Waals surface area contributed by atoms with E-state index in [0.29, 0.717) is 43.1 Å². The molecule has 0 spiro atoms. The summed E-state index contributed by atoms with van der Waals surface area (Å²) in [5, 5.41) is 43.0. The van der Waals surface area contributed by atoms with Crippen molar-refractivity contribution in [1.29, 1.82) is 0 Å². The monoisotopic (exact) mass is 478 g/mol. The normalized spacial score (nSPS) is 41.2. The van der Waals surface area contributed by atoms with E-state index in [2.05, 4.69) is 27.7 Å². The van der Waals surface area contributed by atoms with Crippen molar-refractivity contribution in [2.24, 2.45) is 40.4 Å². The topological polar surface area (TPSA) is 98.0 Å². The number of aliphatic hydroxyl groups is 4. The smallest absolute Gasteiger partial charge is 0.165 e. The van der Waals surface area contributed by atoms with Gasteiger partial charge in [0.15, 0.2) is 5.78 Å². The maximum Gasteiger partial charge on any atom is 0.165 e. The van der Waals surface area contributed by atoms with Crippen LogP contribution in [0.1, 0.15) is 99.3 Å². The number of allylic oxidation sites excluding steroid dienone is 1. The van der Waals surface area contributed by atoms with E-state index in [1.807, 2.05) is 13.8 Å². The Morgan fingerprint density at radius 2 is 1.85 bits per heavy atom. The largest absolute Gasteiger partial charge is 0.396 e. The van der Waals surface area contributed by atoms with Gasteiger partial charge in [-0.3, -0.25) is 4.79 Å². The number of aliphatic hydroxyl groups excluding tert-OH is 3. The minimum absolute atomic E-state index is 0.0132. The fraction of sp³-hybridized carbons (Fsp3) is 0.897. The van der Waals surface area contributed by atoms with Crippen molar-refractivity contribution in [2.75, 3.05) is 6.61 Å². The standard InChI is InChI=1S/C29H50O5/c1-7-19(18(2)3)10-13-29(6,34)25-9-8-22(27(25,4)14-15-30)21-17-24(32)23-16-20(31)11-12-28(23,5)26(21)33/h17-20,22-25,30-32,34H,7-16H2,1-6H3/t19-,20-,22-,23+,24-,25-,27-,28-,29-/m0/s1. The number of hydrogen-bond donors (Lipinski definition) is 4. The summed E-state index contributed by atoms with van der Waals surface area (Å²) in [6.07, 6.45) is 7.09. The van der Waals surface area contributed by atoms with Crippen LogP contribution in [0.5, 0.6) is 0 Å². The van der Waals surface area contributed by atoms with Crippen molar-refractivity contribution >= 4 is 5.78 Å². The summed E-state index contributed by atoms with van der Waals surface area (Å²) in [6.45, 7) is 12.8. The van der Waals surface area contributed by atoms with Gasteiger partial charge in [0.2, 0.25) is 0 Å². The van der Waals surface area contributed by atoms with Gasteiger partial charge in [0.1, 0.15) is 0 Å². The molecule has 34 heavy (non-hydrogen) atoms. The highest BCUT2D eigenvalue weighted by atomic mass is 16.3. The summed E-state index contributed by atoms with van der Waals surface area (Å²) < 4.78 is 0. The van der Waals surface area contributed by atoms with Crippen LogP contribution >= 0.6 is 0 Å². The maximum absolute atomic E-state index is 13.9. The number of Topliss-reactive ketones (excluding diaryl/α,β-unsaturated/α-hetero) is 1. The molecule has 3 aliphatic carbocycles. The molecule has 5 nitrogen and oxygen atoms in total. The van der Waals surface area contributed by atoms with Gasteiger partial charge in [-0.05, 0) is 99.0 Å².